The van der Waals surface area contributed by atoms with Gasteiger partial charge in [-0.15, -0.1) is 11.3 Å². The molecule has 1 fully saturated rings. The number of hydrogen-bond donors (Lipinski definition) is 2. The number of amides is 1. The predicted octanol–water partition coefficient (Wildman–Crippen LogP) is 3.47. The second-order valence-corrected chi connectivity index (χ2v) is 9.33. The van der Waals surface area contributed by atoms with Crippen molar-refractivity contribution in [3.8, 4) is 0 Å². The van der Waals surface area contributed by atoms with Gasteiger partial charge >= 0.3 is 5.97 Å². The average Bonchev–Trinajstić information content (AvgIpc) is 3.21. The second kappa shape index (κ2) is 9.47. The van der Waals surface area contributed by atoms with Gasteiger partial charge < -0.3 is 14.6 Å². The van der Waals surface area contributed by atoms with E-state index < -0.39 is 10.4 Å². The Balaban J connectivity index is 1.54. The molecule has 0 spiro atoms. The Kier molecular flexibility index (Phi) is 6.99. The van der Waals surface area contributed by atoms with Crippen LogP contribution >= 0.6 is 11.3 Å². The topological polar surface area (TPSA) is 120 Å². The molecular formula is C19H23N3O5S2. The summed E-state index contributed by atoms with van der Waals surface area (Å²) in [4.78, 5) is 28.3. The molecule has 1 aliphatic carbocycles. The molecule has 0 bridgehead atoms. The number of nitrogens with zero attached hydrogens (tertiary/aromatic N) is 1. The molecule has 1 saturated carbocycles. The van der Waals surface area contributed by atoms with Crippen LogP contribution in [0.3, 0.4) is 0 Å². The van der Waals surface area contributed by atoms with E-state index in [9.17, 15) is 18.4 Å². The number of aromatic nitrogens is 1. The minimum Gasteiger partial charge on any atom is -0.588 e. The molecule has 1 aromatic carbocycles. The summed E-state index contributed by atoms with van der Waals surface area (Å²) in [6, 6.07) is 5.98. The molecule has 0 aliphatic heterocycles. The summed E-state index contributed by atoms with van der Waals surface area (Å²) in [7, 11) is -3.73. The molecule has 156 valence electrons. The van der Waals surface area contributed by atoms with E-state index in [0.29, 0.717) is 43.1 Å². The monoisotopic (exact) mass is 437 g/mol. The molecule has 10 heteroatoms. The van der Waals surface area contributed by atoms with E-state index in [1.807, 2.05) is 0 Å². The molecule has 1 unspecified atom stereocenters. The number of nitrogens with one attached hydrogen (secondary N) is 2. The summed E-state index contributed by atoms with van der Waals surface area (Å²) >= 11 is 1.19. The Morgan fingerprint density at radius 3 is 2.45 bits per heavy atom. The molecule has 29 heavy (non-hydrogen) atoms. The zero-order valence-electron chi connectivity index (χ0n) is 16.0. The van der Waals surface area contributed by atoms with Crippen molar-refractivity contribution in [1.82, 2.24) is 4.98 Å². The van der Waals surface area contributed by atoms with Crippen LogP contribution in [0.2, 0.25) is 0 Å². The number of carbonyl (C=O) groups is 2. The van der Waals surface area contributed by atoms with Gasteiger partial charge in [-0.1, -0.05) is 4.21 Å². The Bertz CT molecular complexity index is 878. The quantitative estimate of drug-likeness (QED) is 0.505. The van der Waals surface area contributed by atoms with Crippen LogP contribution in [-0.2, 0) is 28.9 Å². The minimum absolute atomic E-state index is 0.0839. The van der Waals surface area contributed by atoms with Crippen LogP contribution in [-0.4, -0.2) is 28.0 Å². The Labute approximate surface area is 174 Å². The number of hydrogen-bond acceptors (Lipinski definition) is 7. The number of anilines is 2. The molecule has 3 rings (SSSR count). The zero-order chi connectivity index (χ0) is 20.9. The fourth-order valence-corrected chi connectivity index (χ4v) is 5.05. The van der Waals surface area contributed by atoms with Crippen molar-refractivity contribution in [3.63, 3.8) is 0 Å². The lowest BCUT2D eigenvalue weighted by Gasteiger charge is -2.26. The first-order chi connectivity index (χ1) is 13.9. The van der Waals surface area contributed by atoms with E-state index in [0.717, 1.165) is 0 Å². The first-order valence-corrected chi connectivity index (χ1v) is 11.7. The molecule has 0 radical (unpaired) electrons. The van der Waals surface area contributed by atoms with Crippen molar-refractivity contribution in [2.45, 2.75) is 37.5 Å². The summed E-state index contributed by atoms with van der Waals surface area (Å²) in [6.07, 6.45) is 4.04. The Morgan fingerprint density at radius 1 is 1.21 bits per heavy atom. The van der Waals surface area contributed by atoms with Crippen molar-refractivity contribution >= 4 is 44.4 Å². The highest BCUT2D eigenvalue weighted by molar-refractivity contribution is 7.99. The van der Waals surface area contributed by atoms with Gasteiger partial charge in [0.1, 0.15) is 0 Å². The van der Waals surface area contributed by atoms with Crippen molar-refractivity contribution < 1.29 is 23.1 Å². The van der Waals surface area contributed by atoms with E-state index in [4.69, 9.17) is 4.74 Å². The van der Waals surface area contributed by atoms with Gasteiger partial charge in [0.05, 0.1) is 12.5 Å². The Morgan fingerprint density at radius 2 is 1.86 bits per heavy atom. The van der Waals surface area contributed by atoms with Crippen LogP contribution in [0.25, 0.3) is 0 Å². The van der Waals surface area contributed by atoms with Gasteiger partial charge in [-0.2, -0.15) is 4.72 Å². The van der Waals surface area contributed by atoms with E-state index in [-0.39, 0.29) is 28.6 Å². The lowest BCUT2D eigenvalue weighted by Crippen LogP contribution is -2.30. The molecule has 2 aromatic rings. The van der Waals surface area contributed by atoms with Gasteiger partial charge in [0.25, 0.3) is 0 Å². The predicted molar refractivity (Wildman–Crippen MR) is 110 cm³/mol. The van der Waals surface area contributed by atoms with Gasteiger partial charge in [0, 0.05) is 23.2 Å². The Hall–Kier alpha value is -2.30. The summed E-state index contributed by atoms with van der Waals surface area (Å²) < 4.78 is 32.1. The third-order valence-electron chi connectivity index (χ3n) is 4.80. The van der Waals surface area contributed by atoms with Crippen LogP contribution in [0, 0.1) is 11.8 Å². The molecular weight excluding hydrogens is 414 g/mol. The fourth-order valence-electron chi connectivity index (χ4n) is 3.26. The van der Waals surface area contributed by atoms with Crippen LogP contribution in [0.15, 0.2) is 40.7 Å². The number of rotatable bonds is 7. The number of ether oxygens (including phenoxy) is 1. The number of thiazole rings is 1. The maximum Gasteiger partial charge on any atom is 0.308 e. The summed E-state index contributed by atoms with van der Waals surface area (Å²) in [5.41, 5.74) is 0.524. The second-order valence-electron chi connectivity index (χ2n) is 6.76. The highest BCUT2D eigenvalue weighted by Crippen LogP contribution is 2.31. The van der Waals surface area contributed by atoms with Gasteiger partial charge in [-0.25, -0.2) is 4.98 Å². The molecule has 1 aliphatic rings. The number of esters is 1. The smallest absolute Gasteiger partial charge is 0.308 e. The van der Waals surface area contributed by atoms with Crippen LogP contribution in [0.5, 0.6) is 0 Å². The SMILES string of the molecule is CCOC(=O)C1CCC(C(=O)Nc2ccc([S+](=O)([O-])Nc3nccs3)cc2)CC1. The molecule has 8 nitrogen and oxygen atoms in total. The van der Waals surface area contributed by atoms with Crippen LogP contribution in [0.4, 0.5) is 10.8 Å². The number of carbonyl (C=O) groups excluding carboxylic acids is 2. The third kappa shape index (κ3) is 5.62. The standard InChI is InChI=1S/C19H23N3O5S2/c1-2-27-18(24)14-5-3-13(4-6-14)17(23)21-15-7-9-16(10-8-15)29(25,26)22-19-20-11-12-28-19/h7-14H,2-6H2,1H3,(H2-,20,21,22,23,25,26). The first-order valence-electron chi connectivity index (χ1n) is 9.39. The average molecular weight is 438 g/mol. The summed E-state index contributed by atoms with van der Waals surface area (Å²) in [5.74, 6) is -0.608. The molecule has 1 amide bonds. The van der Waals surface area contributed by atoms with Crippen molar-refractivity contribution in [1.29, 1.82) is 0 Å². The minimum atomic E-state index is -3.73. The zero-order valence-corrected chi connectivity index (χ0v) is 17.6. The first kappa shape index (κ1) is 21.4. The van der Waals surface area contributed by atoms with E-state index in [1.54, 1.807) is 24.4 Å². The van der Waals surface area contributed by atoms with E-state index >= 15 is 0 Å². The third-order valence-corrected chi connectivity index (χ3v) is 6.98. The number of benzene rings is 1. The van der Waals surface area contributed by atoms with E-state index in [1.165, 1.54) is 29.7 Å². The highest BCUT2D eigenvalue weighted by Gasteiger charge is 2.30. The van der Waals surface area contributed by atoms with Crippen LogP contribution < -0.4 is 10.0 Å². The molecule has 1 aromatic heterocycles. The summed E-state index contributed by atoms with van der Waals surface area (Å²) in [5, 5.41) is 4.79. The van der Waals surface area contributed by atoms with Gasteiger partial charge in [0.2, 0.25) is 11.0 Å². The number of sulfonamides is 1. The molecule has 1 atom stereocenters. The van der Waals surface area contributed by atoms with Crippen molar-refractivity contribution in [2.75, 3.05) is 16.6 Å². The molecule has 0 saturated heterocycles. The lowest BCUT2D eigenvalue weighted by molar-refractivity contribution is -0.150. The maximum atomic E-state index is 12.5. The van der Waals surface area contributed by atoms with Gasteiger partial charge in [-0.05, 0) is 56.9 Å². The normalized spacial score (nSPS) is 21.0. The highest BCUT2D eigenvalue weighted by atomic mass is 32.3. The van der Waals surface area contributed by atoms with Crippen molar-refractivity contribution in [2.24, 2.45) is 11.8 Å². The van der Waals surface area contributed by atoms with E-state index in [2.05, 4.69) is 15.0 Å². The molecule has 1 heterocycles. The molecule has 2 N–H and O–H groups in total. The van der Waals surface area contributed by atoms with Crippen LogP contribution in [0.1, 0.15) is 32.6 Å². The van der Waals surface area contributed by atoms with Gasteiger partial charge in [-0.3, -0.25) is 9.59 Å². The van der Waals surface area contributed by atoms with Gasteiger partial charge in [0.15, 0.2) is 15.3 Å². The van der Waals surface area contributed by atoms with Crippen molar-refractivity contribution in [3.05, 3.63) is 35.8 Å². The largest absolute Gasteiger partial charge is 0.588 e. The maximum absolute atomic E-state index is 12.5. The fraction of sp³-hybridized carbons (Fsp3) is 0.421. The lowest BCUT2D eigenvalue weighted by atomic mass is 9.81. The summed E-state index contributed by atoms with van der Waals surface area (Å²) in [6.45, 7) is 2.15.